The lowest BCUT2D eigenvalue weighted by Gasteiger charge is -2.45. The number of carbonyl (C=O) groups is 2. The van der Waals surface area contributed by atoms with E-state index in [1.165, 1.54) is 0 Å². The molecule has 7 nitrogen and oxygen atoms in total. The highest BCUT2D eigenvalue weighted by atomic mass is 16.5. The number of hydrogen-bond acceptors (Lipinski definition) is 5. The van der Waals surface area contributed by atoms with Crippen molar-refractivity contribution in [3.8, 4) is 5.75 Å². The maximum absolute atomic E-state index is 13.0. The summed E-state index contributed by atoms with van der Waals surface area (Å²) in [5, 5.41) is 3.21. The first kappa shape index (κ1) is 17.1. The van der Waals surface area contributed by atoms with Gasteiger partial charge in [0.2, 0.25) is 0 Å². The third kappa shape index (κ3) is 2.80. The summed E-state index contributed by atoms with van der Waals surface area (Å²) < 4.78 is 5.71. The van der Waals surface area contributed by atoms with Crippen LogP contribution in [0.25, 0.3) is 0 Å². The molecule has 1 N–H and O–H groups in total. The van der Waals surface area contributed by atoms with Crippen LogP contribution in [0.2, 0.25) is 0 Å². The predicted molar refractivity (Wildman–Crippen MR) is 100 cm³/mol. The molecule has 1 unspecified atom stereocenters. The number of ether oxygens (including phenoxy) is 1. The number of nitrogens with one attached hydrogen (secondary N) is 1. The van der Waals surface area contributed by atoms with Gasteiger partial charge >= 0.3 is 0 Å². The zero-order valence-electron chi connectivity index (χ0n) is 15.6. The fraction of sp³-hybridized carbons (Fsp3) is 0.579. The zero-order valence-corrected chi connectivity index (χ0v) is 15.6. The SMILES string of the molecule is CN(C)c1ccc(C(=O)NC2CN3CCC2CC3)c2c1N(C)C(=O)CO2. The van der Waals surface area contributed by atoms with Crippen molar-refractivity contribution in [2.75, 3.05) is 57.2 Å². The monoisotopic (exact) mass is 358 g/mol. The maximum atomic E-state index is 13.0. The molecule has 0 aliphatic carbocycles. The summed E-state index contributed by atoms with van der Waals surface area (Å²) in [6.07, 6.45) is 2.30. The van der Waals surface area contributed by atoms with E-state index >= 15 is 0 Å². The van der Waals surface area contributed by atoms with Gasteiger partial charge in [-0.2, -0.15) is 0 Å². The molecular weight excluding hydrogens is 332 g/mol. The average Bonchev–Trinajstić information content (AvgIpc) is 2.64. The van der Waals surface area contributed by atoms with E-state index in [4.69, 9.17) is 4.74 Å². The molecule has 0 radical (unpaired) electrons. The van der Waals surface area contributed by atoms with Gasteiger partial charge in [0.25, 0.3) is 11.8 Å². The van der Waals surface area contributed by atoms with Crippen LogP contribution >= 0.6 is 0 Å². The van der Waals surface area contributed by atoms with Crippen LogP contribution in [-0.2, 0) is 4.79 Å². The van der Waals surface area contributed by atoms with Gasteiger partial charge in [0, 0.05) is 33.7 Å². The summed E-state index contributed by atoms with van der Waals surface area (Å²) >= 11 is 0. The van der Waals surface area contributed by atoms with Crippen molar-refractivity contribution in [1.29, 1.82) is 0 Å². The Morgan fingerprint density at radius 1 is 1.27 bits per heavy atom. The van der Waals surface area contributed by atoms with Crippen LogP contribution in [0.4, 0.5) is 11.4 Å². The van der Waals surface area contributed by atoms with E-state index in [0.29, 0.717) is 22.9 Å². The second kappa shape index (κ2) is 6.46. The third-order valence-electron chi connectivity index (χ3n) is 5.86. The second-order valence-electron chi connectivity index (χ2n) is 7.66. The Kier molecular flexibility index (Phi) is 4.26. The van der Waals surface area contributed by atoms with Gasteiger partial charge in [-0.15, -0.1) is 0 Å². The number of carbonyl (C=O) groups excluding carboxylic acids is 2. The largest absolute Gasteiger partial charge is 0.481 e. The molecule has 0 aromatic heterocycles. The minimum absolute atomic E-state index is 0.0412. The molecule has 3 fully saturated rings. The fourth-order valence-electron chi connectivity index (χ4n) is 4.30. The molecule has 2 bridgehead atoms. The smallest absolute Gasteiger partial charge is 0.264 e. The van der Waals surface area contributed by atoms with E-state index in [2.05, 4.69) is 10.2 Å². The van der Waals surface area contributed by atoms with Gasteiger partial charge in [0.15, 0.2) is 12.4 Å². The van der Waals surface area contributed by atoms with Crippen molar-refractivity contribution >= 4 is 23.2 Å². The highest BCUT2D eigenvalue weighted by molar-refractivity contribution is 6.07. The van der Waals surface area contributed by atoms with E-state index < -0.39 is 0 Å². The van der Waals surface area contributed by atoms with Crippen LogP contribution in [0.3, 0.4) is 0 Å². The van der Waals surface area contributed by atoms with Crippen molar-refractivity contribution in [1.82, 2.24) is 10.2 Å². The van der Waals surface area contributed by atoms with E-state index in [0.717, 1.165) is 38.2 Å². The van der Waals surface area contributed by atoms with Crippen molar-refractivity contribution in [3.63, 3.8) is 0 Å². The highest BCUT2D eigenvalue weighted by Gasteiger charge is 2.36. The molecule has 1 aromatic carbocycles. The maximum Gasteiger partial charge on any atom is 0.264 e. The number of anilines is 2. The molecule has 140 valence electrons. The van der Waals surface area contributed by atoms with Gasteiger partial charge < -0.3 is 24.8 Å². The van der Waals surface area contributed by atoms with Gasteiger partial charge in [-0.25, -0.2) is 0 Å². The minimum Gasteiger partial charge on any atom is -0.481 e. The Morgan fingerprint density at radius 3 is 2.62 bits per heavy atom. The normalized spacial score (nSPS) is 27.0. The minimum atomic E-state index is -0.118. The number of nitrogens with zero attached hydrogens (tertiary/aromatic N) is 3. The highest BCUT2D eigenvalue weighted by Crippen LogP contribution is 2.42. The first-order valence-corrected chi connectivity index (χ1v) is 9.22. The molecule has 2 amide bonds. The molecule has 0 spiro atoms. The average molecular weight is 358 g/mol. The fourth-order valence-corrected chi connectivity index (χ4v) is 4.30. The molecule has 5 rings (SSSR count). The van der Waals surface area contributed by atoms with E-state index in [-0.39, 0.29) is 24.5 Å². The molecule has 1 atom stereocenters. The molecule has 3 saturated heterocycles. The molecule has 7 heteroatoms. The molecular formula is C19H26N4O3. The first-order chi connectivity index (χ1) is 12.5. The zero-order chi connectivity index (χ0) is 18.4. The van der Waals surface area contributed by atoms with Crippen LogP contribution < -0.4 is 19.9 Å². The second-order valence-corrected chi connectivity index (χ2v) is 7.66. The summed E-state index contributed by atoms with van der Waals surface area (Å²) in [5.74, 6) is 0.826. The number of rotatable bonds is 3. The van der Waals surface area contributed by atoms with Crippen LogP contribution in [0, 0.1) is 5.92 Å². The van der Waals surface area contributed by atoms with E-state index in [9.17, 15) is 9.59 Å². The number of hydrogen-bond donors (Lipinski definition) is 1. The van der Waals surface area contributed by atoms with Crippen LogP contribution in [0.15, 0.2) is 12.1 Å². The van der Waals surface area contributed by atoms with Crippen LogP contribution in [0.1, 0.15) is 23.2 Å². The lowest BCUT2D eigenvalue weighted by Crippen LogP contribution is -2.57. The Balaban J connectivity index is 1.64. The van der Waals surface area contributed by atoms with Crippen molar-refractivity contribution in [2.24, 2.45) is 5.92 Å². The topological polar surface area (TPSA) is 65.1 Å². The molecule has 0 saturated carbocycles. The van der Waals surface area contributed by atoms with Gasteiger partial charge in [-0.05, 0) is 44.0 Å². The quantitative estimate of drug-likeness (QED) is 0.871. The summed E-state index contributed by atoms with van der Waals surface area (Å²) in [5.41, 5.74) is 2.02. The van der Waals surface area contributed by atoms with Crippen LogP contribution in [-0.4, -0.2) is 70.1 Å². The third-order valence-corrected chi connectivity index (χ3v) is 5.86. The number of fused-ring (bicyclic) bond motifs is 4. The summed E-state index contributed by atoms with van der Waals surface area (Å²) in [4.78, 5) is 31.0. The molecule has 4 aliphatic heterocycles. The molecule has 4 heterocycles. The Labute approximate surface area is 153 Å². The standard InChI is InChI=1S/C19H26N4O3/c1-21(2)15-5-4-13(18-17(15)22(3)16(24)11-26-18)19(25)20-14-10-23-8-6-12(14)7-9-23/h4-5,12,14H,6-11H2,1-3H3,(H,20,25). The number of benzene rings is 1. The van der Waals surface area contributed by atoms with Gasteiger partial charge in [-0.3, -0.25) is 9.59 Å². The van der Waals surface area contributed by atoms with E-state index in [1.54, 1.807) is 18.0 Å². The predicted octanol–water partition coefficient (Wildman–Crippen LogP) is 0.932. The van der Waals surface area contributed by atoms with Crippen molar-refractivity contribution in [2.45, 2.75) is 18.9 Å². The van der Waals surface area contributed by atoms with Gasteiger partial charge in [-0.1, -0.05) is 0 Å². The number of likely N-dealkylation sites (N-methyl/N-ethyl adjacent to an activating group) is 1. The van der Waals surface area contributed by atoms with Crippen LogP contribution in [0.5, 0.6) is 5.75 Å². The molecule has 1 aromatic rings. The molecule has 26 heavy (non-hydrogen) atoms. The lowest BCUT2D eigenvalue weighted by atomic mass is 9.84. The lowest BCUT2D eigenvalue weighted by molar-refractivity contribution is -0.121. The Bertz CT molecular complexity index is 741. The van der Waals surface area contributed by atoms with Crippen molar-refractivity contribution < 1.29 is 14.3 Å². The summed E-state index contributed by atoms with van der Waals surface area (Å²) in [6, 6.07) is 3.87. The summed E-state index contributed by atoms with van der Waals surface area (Å²) in [6.45, 7) is 3.16. The number of amides is 2. The van der Waals surface area contributed by atoms with Gasteiger partial charge in [0.1, 0.15) is 5.69 Å². The Morgan fingerprint density at radius 2 is 2.00 bits per heavy atom. The van der Waals surface area contributed by atoms with Gasteiger partial charge in [0.05, 0.1) is 11.3 Å². The Hall–Kier alpha value is -2.28. The first-order valence-electron chi connectivity index (χ1n) is 9.22. The number of piperidine rings is 3. The summed E-state index contributed by atoms with van der Waals surface area (Å²) in [7, 11) is 5.55. The van der Waals surface area contributed by atoms with Crippen molar-refractivity contribution in [3.05, 3.63) is 17.7 Å². The molecule has 4 aliphatic rings. The van der Waals surface area contributed by atoms with E-state index in [1.807, 2.05) is 25.1 Å².